The number of methoxy groups -OCH3 is 8. The second kappa shape index (κ2) is 32.7. The minimum Gasteiger partial charge on any atom is -0.493 e. The van der Waals surface area contributed by atoms with Crippen LogP contribution in [0.1, 0.15) is 273 Å². The van der Waals surface area contributed by atoms with Crippen LogP contribution in [0.5, 0.6) is 46.0 Å². The molecule has 0 saturated carbocycles. The van der Waals surface area contributed by atoms with E-state index in [1.165, 1.54) is 0 Å². The summed E-state index contributed by atoms with van der Waals surface area (Å²) in [7, 11) is -8.61. The lowest BCUT2D eigenvalue weighted by Gasteiger charge is -2.43. The topological polar surface area (TPSA) is 155 Å². The molecule has 0 aromatic heterocycles. The highest BCUT2D eigenvalue weighted by Crippen LogP contribution is 2.48. The number of hydrogen-bond acceptors (Lipinski definition) is 16. The first-order chi connectivity index (χ1) is 68.9. The summed E-state index contributed by atoms with van der Waals surface area (Å²) >= 11 is 0. The van der Waals surface area contributed by atoms with E-state index in [1.807, 2.05) is 0 Å². The fourth-order valence-electron chi connectivity index (χ4n) is 10.4. The first-order valence-corrected chi connectivity index (χ1v) is 28.8. The van der Waals surface area contributed by atoms with E-state index >= 15 is 0 Å². The summed E-state index contributed by atoms with van der Waals surface area (Å²) < 4.78 is 555. The average Bonchev–Trinajstić information content (AvgIpc) is 0.645. The predicted octanol–water partition coefficient (Wildman–Crippen LogP) is 13.7. The van der Waals surface area contributed by atoms with Gasteiger partial charge >= 0.3 is 0 Å². The molecule has 8 aliphatic rings. The number of benzene rings is 4. The van der Waals surface area contributed by atoms with Crippen molar-refractivity contribution in [1.82, 2.24) is 19.6 Å². The van der Waals surface area contributed by atoms with Crippen molar-refractivity contribution in [2.45, 2.75) is 169 Å². The number of carbonyl (C=O) groups is 4. The molecule has 12 rings (SSSR count). The van der Waals surface area contributed by atoms with Gasteiger partial charge in [0.1, 0.15) is 23.1 Å². The van der Waals surface area contributed by atoms with Crippen LogP contribution in [0.15, 0.2) is 48.4 Å². The molecule has 4 aromatic carbocycles. The molecule has 10 atom stereocenters. The molecule has 16 nitrogen and oxygen atoms in total. The zero-order chi connectivity index (χ0) is 122. The third-order valence-electron chi connectivity index (χ3n) is 14.9. The van der Waals surface area contributed by atoms with E-state index in [4.69, 9.17) is 120 Å². The maximum absolute atomic E-state index is 14.0. The number of piperidine rings is 4. The molecule has 8 aliphatic heterocycles. The second-order valence-corrected chi connectivity index (χ2v) is 22.0. The maximum atomic E-state index is 14.0. The number of hydrogen-bond donors (Lipinski definition) is 0. The molecule has 0 N–H and O–H groups in total. The SMILES string of the molecule is [2H]C([2H])([2H])Oc1cc2c(cc1OC)C1([2H])N(CC([2H])(CC(C)C)C(=O)C1([2H])[2H])C([2H])([2H])C2([2H])[2H].[2H]c1c(OC([2H])([2H])[2H])c(OC)c([2H])c2c1C([2H])([2H])C([2H])([2H])N1CC([2H])(C([2H])([2H])C([2H])(C([2H])([2H])[2H])C([2H])([2H])C)C(=O)C([2H])([2H])C21[2H].[2H]c1c(OC)c(OC([2H])([2H])[2H])c([2H])c2c1C1([2H])CC(=O)C(C([2H])([2H])C([2H])(C([2H])([2H])[2H])C([2H])([2H])C)CN1C([2H])([2H])C2([2H])[2H].[2H]c1c(OC)c(OC([2H])([2H])[2H])c([2H])c2c1C1([2H])CC(=O)C(CC(C)C)C([2H])([2H])N1C([2H])([2H])C2([2H])[2H]. The number of nitrogens with zero attached hydrogens (tertiary/aromatic N) is 4. The average molecular weight is 1360 g/mol. The van der Waals surface area contributed by atoms with Crippen LogP contribution in [-0.2, 0) is 44.7 Å². The summed E-state index contributed by atoms with van der Waals surface area (Å²) in [5, 5.41) is 0. The van der Waals surface area contributed by atoms with E-state index in [0.29, 0.717) is 28.5 Å². The molecule has 8 heterocycles. The van der Waals surface area contributed by atoms with Crippen molar-refractivity contribution in [2.24, 2.45) is 47.2 Å². The standard InChI is InChI=1S/2C20H29NO3.2C19H27NO3/c2*1-5-13(2)8-15-12-21-7-6-14-9-19(23-3)20(24-4)10-16(14)17(21)11-18(15)22;2*1-12(2)7-14-11-20-6-5-13-8-18(22-3)19(23-4)9-15(13)16(20)10-17(14)21/h2*9-10,13,15,17H,5-8,11-12H2,1-4H3;2*8-9,12,14,16H,5-7,10-11H2,1-4H3/i2D3,3D3,5D2,6D2,7D2,8D2,9D,10D,11D2,13D,15D,17D;2D3,3D3,5D2,6D2,7D2,8D2,9D,10D,13D,17D;3D3,5D2,6D2,8D,9D,11D2,16D;3D3,5D2,6D2,10D2,14D,16D. The Morgan fingerprint density at radius 2 is 0.883 bits per heavy atom. The van der Waals surface area contributed by atoms with E-state index in [-0.39, 0.29) is 35.3 Å². The molecule has 0 spiro atoms. The highest BCUT2D eigenvalue weighted by atomic mass is 16.5. The summed E-state index contributed by atoms with van der Waals surface area (Å²) in [6, 6.07) is -16.1. The normalized spacial score (nSPS) is 47.0. The number of fused-ring (bicyclic) bond motifs is 12. The summed E-state index contributed by atoms with van der Waals surface area (Å²) in [5.74, 6) is -28.9. The van der Waals surface area contributed by atoms with Crippen LogP contribution < -0.4 is 37.9 Å². The fourth-order valence-corrected chi connectivity index (χ4v) is 10.4. The molecule has 0 aliphatic carbocycles. The Balaban J connectivity index is 0.000000231. The summed E-state index contributed by atoms with van der Waals surface area (Å²) in [4.78, 5) is 55.2. The van der Waals surface area contributed by atoms with Gasteiger partial charge in [0.05, 0.1) is 86.7 Å². The minimum atomic E-state index is -4.21. The van der Waals surface area contributed by atoms with Gasteiger partial charge in [-0.2, -0.15) is 0 Å². The molecule has 16 heteroatoms. The predicted molar refractivity (Wildman–Crippen MR) is 370 cm³/mol. The minimum absolute atomic E-state index is 0.0243. The maximum Gasteiger partial charge on any atom is 0.161 e. The van der Waals surface area contributed by atoms with Crippen LogP contribution in [0, 0.1) is 47.2 Å². The molecular formula is C78H112N4O12. The van der Waals surface area contributed by atoms with Gasteiger partial charge in [-0.15, -0.1) is 0 Å². The lowest BCUT2D eigenvalue weighted by molar-refractivity contribution is -0.130. The van der Waals surface area contributed by atoms with Gasteiger partial charge < -0.3 is 37.9 Å². The molecular weight excluding hydrogens is 1180 g/mol. The van der Waals surface area contributed by atoms with Gasteiger partial charge in [0.15, 0.2) is 46.0 Å². The molecule has 4 saturated heterocycles. The van der Waals surface area contributed by atoms with Gasteiger partial charge in [-0.3, -0.25) is 38.8 Å². The molecule has 0 bridgehead atoms. The van der Waals surface area contributed by atoms with Gasteiger partial charge in [-0.05, 0) is 168 Å². The third kappa shape index (κ3) is 16.4. The number of ether oxygens (including phenoxy) is 8. The van der Waals surface area contributed by atoms with Crippen LogP contribution in [0.25, 0.3) is 0 Å². The molecule has 516 valence electrons. The van der Waals surface area contributed by atoms with Crippen LogP contribution in [-0.4, -0.2) is 151 Å². The lowest BCUT2D eigenvalue weighted by Crippen LogP contribution is -2.46. The van der Waals surface area contributed by atoms with Crippen molar-refractivity contribution >= 4 is 23.1 Å². The molecule has 4 aromatic rings. The molecule has 0 amide bonds. The molecule has 4 fully saturated rings. The summed E-state index contributed by atoms with van der Waals surface area (Å²) in [6.45, 7) is -19.7. The zero-order valence-electron chi connectivity index (χ0n) is 115. The van der Waals surface area contributed by atoms with Gasteiger partial charge in [0, 0.05) is 180 Å². The largest absolute Gasteiger partial charge is 0.493 e. The summed E-state index contributed by atoms with van der Waals surface area (Å²) in [6.07, 6.45) is -36.6. The highest BCUT2D eigenvalue weighted by Gasteiger charge is 2.43. The van der Waals surface area contributed by atoms with Crippen molar-refractivity contribution in [2.75, 3.05) is 109 Å². The van der Waals surface area contributed by atoms with Crippen LogP contribution >= 0.6 is 0 Å². The number of rotatable bonds is 18. The van der Waals surface area contributed by atoms with Crippen molar-refractivity contribution in [3.05, 3.63) is 92.9 Å². The summed E-state index contributed by atoms with van der Waals surface area (Å²) in [5.41, 5.74) is -6.70. The molecule has 94 heavy (non-hydrogen) atoms. The van der Waals surface area contributed by atoms with Crippen molar-refractivity contribution in [1.29, 1.82) is 0 Å². The van der Waals surface area contributed by atoms with E-state index < -0.39 is 374 Å². The van der Waals surface area contributed by atoms with Crippen LogP contribution in [0.3, 0.4) is 0 Å². The van der Waals surface area contributed by atoms with Crippen molar-refractivity contribution in [3.8, 4) is 46.0 Å². The van der Waals surface area contributed by atoms with Crippen molar-refractivity contribution in [3.63, 3.8) is 0 Å². The van der Waals surface area contributed by atoms with Gasteiger partial charge in [0.25, 0.3) is 0 Å². The second-order valence-electron chi connectivity index (χ2n) is 22.0. The van der Waals surface area contributed by atoms with E-state index in [0.717, 1.165) is 40.6 Å². The van der Waals surface area contributed by atoms with E-state index in [1.54, 1.807) is 27.7 Å². The number of aryl methyl sites for hydroxylation is 1. The Morgan fingerprint density at radius 3 is 1.37 bits per heavy atom. The van der Waals surface area contributed by atoms with E-state index in [2.05, 4.69) is 0 Å². The molecule has 10 unspecified atom stereocenters. The van der Waals surface area contributed by atoms with Gasteiger partial charge in [-0.1, -0.05) is 68.0 Å². The van der Waals surface area contributed by atoms with Gasteiger partial charge in [-0.25, -0.2) is 0 Å². The Kier molecular flexibility index (Phi) is 9.24. The van der Waals surface area contributed by atoms with Crippen LogP contribution in [0.4, 0.5) is 0 Å². The van der Waals surface area contributed by atoms with Gasteiger partial charge in [0.2, 0.25) is 0 Å². The molecule has 0 radical (unpaired) electrons. The Morgan fingerprint density at radius 1 is 0.479 bits per heavy atom. The third-order valence-corrected chi connectivity index (χ3v) is 14.9. The number of carbonyl (C=O) groups excluding carboxylic acids is 4. The monoisotopic (exact) mass is 1360 g/mol. The van der Waals surface area contributed by atoms with Crippen LogP contribution in [0.2, 0.25) is 0 Å². The lowest BCUT2D eigenvalue weighted by atomic mass is 9.79. The van der Waals surface area contributed by atoms with Crippen molar-refractivity contribution < 1.29 is 142 Å². The quantitative estimate of drug-likeness (QED) is 0.0926. The fraction of sp³-hybridized carbons (Fsp3) is 0.641. The smallest absolute Gasteiger partial charge is 0.161 e. The number of ketones is 4. The Bertz CT molecular complexity index is 6190. The number of Topliss-reactive ketones (excluding diaryl/α,β-unsaturated/α-hetero) is 4. The van der Waals surface area contributed by atoms with E-state index in [9.17, 15) is 21.9 Å². The Labute approximate surface area is 649 Å². The zero-order valence-corrected chi connectivity index (χ0v) is 52.6. The highest BCUT2D eigenvalue weighted by molar-refractivity contribution is 5.85. The first-order valence-electron chi connectivity index (χ1n) is 59.8. The Hall–Kier alpha value is -6.20. The first kappa shape index (κ1) is 26.6.